The maximum absolute atomic E-state index is 12.2. The SMILES string of the molecule is CC(=O)N1CCN(C(=O)CCC(=O)NCCCOc2cc(C)cc(C)c2C)CC1. The third-order valence-corrected chi connectivity index (χ3v) is 5.31. The molecule has 3 amide bonds. The summed E-state index contributed by atoms with van der Waals surface area (Å²) in [7, 11) is 0. The summed E-state index contributed by atoms with van der Waals surface area (Å²) in [5.74, 6) is 0.776. The van der Waals surface area contributed by atoms with Gasteiger partial charge in [0, 0.05) is 52.5 Å². The zero-order valence-electron chi connectivity index (χ0n) is 18.0. The van der Waals surface area contributed by atoms with E-state index in [0.29, 0.717) is 45.8 Å². The van der Waals surface area contributed by atoms with E-state index >= 15 is 0 Å². The van der Waals surface area contributed by atoms with Crippen molar-refractivity contribution >= 4 is 17.7 Å². The lowest BCUT2D eigenvalue weighted by Crippen LogP contribution is -2.50. The Balaban J connectivity index is 1.59. The number of aryl methyl sites for hydroxylation is 2. The number of benzene rings is 1. The maximum atomic E-state index is 12.2. The number of carbonyl (C=O) groups excluding carboxylic acids is 3. The Hall–Kier alpha value is -2.57. The van der Waals surface area contributed by atoms with E-state index in [0.717, 1.165) is 11.3 Å². The first-order valence-electron chi connectivity index (χ1n) is 10.3. The highest BCUT2D eigenvalue weighted by molar-refractivity contribution is 5.84. The summed E-state index contributed by atoms with van der Waals surface area (Å²) in [6.45, 7) is 10.9. The lowest BCUT2D eigenvalue weighted by Gasteiger charge is -2.34. The smallest absolute Gasteiger partial charge is 0.223 e. The molecule has 0 unspecified atom stereocenters. The summed E-state index contributed by atoms with van der Waals surface area (Å²) in [5, 5.41) is 2.84. The van der Waals surface area contributed by atoms with Crippen molar-refractivity contribution in [2.24, 2.45) is 0 Å². The van der Waals surface area contributed by atoms with Crippen LogP contribution in [0, 0.1) is 20.8 Å². The Labute approximate surface area is 173 Å². The van der Waals surface area contributed by atoms with Crippen molar-refractivity contribution in [2.45, 2.75) is 47.0 Å². The van der Waals surface area contributed by atoms with Crippen LogP contribution in [0.1, 0.15) is 42.9 Å². The van der Waals surface area contributed by atoms with Crippen LogP contribution in [-0.2, 0) is 14.4 Å². The van der Waals surface area contributed by atoms with Crippen LogP contribution in [0.2, 0.25) is 0 Å². The molecular formula is C22H33N3O4. The van der Waals surface area contributed by atoms with Crippen LogP contribution < -0.4 is 10.1 Å². The van der Waals surface area contributed by atoms with Crippen LogP contribution in [0.5, 0.6) is 5.75 Å². The van der Waals surface area contributed by atoms with Crippen LogP contribution in [-0.4, -0.2) is 66.9 Å². The van der Waals surface area contributed by atoms with E-state index in [2.05, 4.69) is 18.3 Å². The minimum Gasteiger partial charge on any atom is -0.493 e. The van der Waals surface area contributed by atoms with Crippen molar-refractivity contribution in [3.05, 3.63) is 28.8 Å². The summed E-state index contributed by atoms with van der Waals surface area (Å²) in [4.78, 5) is 39.0. The van der Waals surface area contributed by atoms with Crippen molar-refractivity contribution in [1.29, 1.82) is 0 Å². The van der Waals surface area contributed by atoms with E-state index in [9.17, 15) is 14.4 Å². The van der Waals surface area contributed by atoms with Gasteiger partial charge in [-0.25, -0.2) is 0 Å². The first-order valence-corrected chi connectivity index (χ1v) is 10.3. The number of amides is 3. The second-order valence-corrected chi connectivity index (χ2v) is 7.64. The number of nitrogens with zero attached hydrogens (tertiary/aromatic N) is 2. The molecule has 0 saturated carbocycles. The Morgan fingerprint density at radius 3 is 2.31 bits per heavy atom. The van der Waals surface area contributed by atoms with Gasteiger partial charge in [0.2, 0.25) is 17.7 Å². The van der Waals surface area contributed by atoms with Crippen LogP contribution >= 0.6 is 0 Å². The molecule has 0 spiro atoms. The summed E-state index contributed by atoms with van der Waals surface area (Å²) >= 11 is 0. The summed E-state index contributed by atoms with van der Waals surface area (Å²) in [6, 6.07) is 4.16. The van der Waals surface area contributed by atoms with E-state index in [4.69, 9.17) is 4.74 Å². The van der Waals surface area contributed by atoms with Crippen LogP contribution in [0.15, 0.2) is 12.1 Å². The molecule has 0 radical (unpaired) electrons. The molecule has 1 aliphatic rings. The van der Waals surface area contributed by atoms with Crippen LogP contribution in [0.25, 0.3) is 0 Å². The van der Waals surface area contributed by atoms with Gasteiger partial charge in [-0.3, -0.25) is 14.4 Å². The van der Waals surface area contributed by atoms with Crippen LogP contribution in [0.3, 0.4) is 0 Å². The Morgan fingerprint density at radius 2 is 1.66 bits per heavy atom. The number of hydrogen-bond donors (Lipinski definition) is 1. The molecule has 0 aliphatic carbocycles. The summed E-state index contributed by atoms with van der Waals surface area (Å²) in [5.41, 5.74) is 3.52. The first-order chi connectivity index (χ1) is 13.8. The second-order valence-electron chi connectivity index (χ2n) is 7.64. The van der Waals surface area contributed by atoms with Gasteiger partial charge in [-0.1, -0.05) is 6.07 Å². The lowest BCUT2D eigenvalue weighted by molar-refractivity contribution is -0.139. The van der Waals surface area contributed by atoms with Crippen LogP contribution in [0.4, 0.5) is 0 Å². The highest BCUT2D eigenvalue weighted by Gasteiger charge is 2.22. The minimum absolute atomic E-state index is 0.0306. The predicted molar refractivity (Wildman–Crippen MR) is 112 cm³/mol. The number of nitrogens with one attached hydrogen (secondary N) is 1. The molecule has 7 nitrogen and oxygen atoms in total. The standard InChI is InChI=1S/C22H33N3O4/c1-16-14-17(2)18(3)20(15-16)29-13-5-8-23-21(27)6-7-22(28)25-11-9-24(10-12-25)19(4)26/h14-15H,5-13H2,1-4H3,(H,23,27). The third-order valence-electron chi connectivity index (χ3n) is 5.31. The molecule has 0 atom stereocenters. The van der Waals surface area contributed by atoms with E-state index in [1.807, 2.05) is 19.9 Å². The predicted octanol–water partition coefficient (Wildman–Crippen LogP) is 1.97. The fraction of sp³-hybridized carbons (Fsp3) is 0.591. The van der Waals surface area contributed by atoms with E-state index in [1.54, 1.807) is 9.80 Å². The van der Waals surface area contributed by atoms with Gasteiger partial charge >= 0.3 is 0 Å². The van der Waals surface area contributed by atoms with Crippen molar-refractivity contribution in [2.75, 3.05) is 39.3 Å². The molecule has 0 bridgehead atoms. The molecule has 1 aliphatic heterocycles. The highest BCUT2D eigenvalue weighted by Crippen LogP contribution is 2.23. The molecule has 160 valence electrons. The number of hydrogen-bond acceptors (Lipinski definition) is 4. The normalized spacial score (nSPS) is 13.9. The monoisotopic (exact) mass is 403 g/mol. The highest BCUT2D eigenvalue weighted by atomic mass is 16.5. The molecule has 7 heteroatoms. The topological polar surface area (TPSA) is 79.0 Å². The van der Waals surface area contributed by atoms with Crippen molar-refractivity contribution in [3.63, 3.8) is 0 Å². The van der Waals surface area contributed by atoms with Gasteiger partial charge in [0.1, 0.15) is 5.75 Å². The lowest BCUT2D eigenvalue weighted by atomic mass is 10.1. The maximum Gasteiger partial charge on any atom is 0.223 e. The third kappa shape index (κ3) is 7.07. The van der Waals surface area contributed by atoms with E-state index in [-0.39, 0.29) is 30.6 Å². The van der Waals surface area contributed by atoms with E-state index in [1.165, 1.54) is 18.1 Å². The van der Waals surface area contributed by atoms with Gasteiger partial charge in [0.25, 0.3) is 0 Å². The fourth-order valence-corrected chi connectivity index (χ4v) is 3.37. The molecule has 1 heterocycles. The van der Waals surface area contributed by atoms with Crippen molar-refractivity contribution in [3.8, 4) is 5.75 Å². The van der Waals surface area contributed by atoms with Gasteiger partial charge in [0.05, 0.1) is 6.61 Å². The molecule has 29 heavy (non-hydrogen) atoms. The van der Waals surface area contributed by atoms with E-state index < -0.39 is 0 Å². The Morgan fingerprint density at radius 1 is 1.00 bits per heavy atom. The average Bonchev–Trinajstić information content (AvgIpc) is 2.69. The first kappa shape index (κ1) is 22.7. The molecule has 1 saturated heterocycles. The quantitative estimate of drug-likeness (QED) is 0.673. The molecule has 1 fully saturated rings. The summed E-state index contributed by atoms with van der Waals surface area (Å²) < 4.78 is 5.84. The second kappa shape index (κ2) is 10.8. The molecule has 1 aromatic carbocycles. The zero-order chi connectivity index (χ0) is 21.4. The minimum atomic E-state index is -0.122. The molecule has 1 N–H and O–H groups in total. The molecule has 0 aromatic heterocycles. The largest absolute Gasteiger partial charge is 0.493 e. The average molecular weight is 404 g/mol. The Bertz CT molecular complexity index is 740. The van der Waals surface area contributed by atoms with Gasteiger partial charge in [-0.2, -0.15) is 0 Å². The number of ether oxygens (including phenoxy) is 1. The summed E-state index contributed by atoms with van der Waals surface area (Å²) in [6.07, 6.45) is 1.09. The van der Waals surface area contributed by atoms with Gasteiger partial charge < -0.3 is 19.9 Å². The molecule has 1 aromatic rings. The van der Waals surface area contributed by atoms with Gasteiger partial charge in [-0.05, 0) is 49.9 Å². The Kier molecular flexibility index (Phi) is 8.49. The zero-order valence-corrected chi connectivity index (χ0v) is 18.0. The number of carbonyl (C=O) groups is 3. The van der Waals surface area contributed by atoms with Crippen molar-refractivity contribution < 1.29 is 19.1 Å². The number of rotatable bonds is 8. The van der Waals surface area contributed by atoms with Gasteiger partial charge in [-0.15, -0.1) is 0 Å². The van der Waals surface area contributed by atoms with Gasteiger partial charge in [0.15, 0.2) is 0 Å². The molecule has 2 rings (SSSR count). The van der Waals surface area contributed by atoms with Crippen molar-refractivity contribution in [1.82, 2.24) is 15.1 Å². The fourth-order valence-electron chi connectivity index (χ4n) is 3.37. The number of piperazine rings is 1. The molecular weight excluding hydrogens is 370 g/mol.